The molecule has 68 heavy (non-hydrogen) atoms. The minimum absolute atomic E-state index is 1.09. The van der Waals surface area contributed by atoms with Gasteiger partial charge in [-0.1, -0.05) is 212 Å². The topological polar surface area (TPSA) is 7.65 Å². The molecule has 318 valence electrons. The average Bonchev–Trinajstić information content (AvgIpc) is 3.77. The summed E-state index contributed by atoms with van der Waals surface area (Å²) in [7, 11) is 0. The summed E-state index contributed by atoms with van der Waals surface area (Å²) in [5.41, 5.74) is 17.8. The fourth-order valence-corrected chi connectivity index (χ4v) is 10.6. The number of nitrogens with zero attached hydrogens (tertiary/aromatic N) is 2. The monoisotopic (exact) mass is 864 g/mol. The molecule has 0 aliphatic rings. The number of aromatic nitrogens is 1. The zero-order valence-corrected chi connectivity index (χ0v) is 37.3. The van der Waals surface area contributed by atoms with Crippen molar-refractivity contribution in [3.8, 4) is 55.6 Å². The molecule has 2 nitrogen and oxygen atoms in total. The van der Waals surface area contributed by atoms with E-state index in [0.717, 1.165) is 17.1 Å². The van der Waals surface area contributed by atoms with Crippen LogP contribution in [0.3, 0.4) is 0 Å². The highest BCUT2D eigenvalue weighted by atomic mass is 15.1. The van der Waals surface area contributed by atoms with Crippen molar-refractivity contribution in [2.45, 2.75) is 0 Å². The van der Waals surface area contributed by atoms with Crippen LogP contribution < -0.4 is 4.90 Å². The van der Waals surface area contributed by atoms with Crippen LogP contribution in [0.25, 0.3) is 104 Å². The molecule has 13 aromatic rings. The molecule has 2 heterocycles. The first-order chi connectivity index (χ1) is 33.7. The van der Waals surface area contributed by atoms with Crippen molar-refractivity contribution >= 4 is 65.8 Å². The summed E-state index contributed by atoms with van der Waals surface area (Å²) in [4.78, 5) is 2.38. The van der Waals surface area contributed by atoms with Gasteiger partial charge in [-0.15, -0.1) is 0 Å². The van der Waals surface area contributed by atoms with E-state index in [1.807, 2.05) is 0 Å². The van der Waals surface area contributed by atoms with E-state index in [1.165, 1.54) is 104 Å². The lowest BCUT2D eigenvalue weighted by Gasteiger charge is -2.26. The van der Waals surface area contributed by atoms with Crippen LogP contribution in [0.4, 0.5) is 17.1 Å². The predicted molar refractivity (Wildman–Crippen MR) is 289 cm³/mol. The van der Waals surface area contributed by atoms with E-state index in [2.05, 4.69) is 276 Å². The molecule has 0 saturated carbocycles. The Hall–Kier alpha value is -8.98. The molecular weight excluding hydrogens is 821 g/mol. The molecule has 13 rings (SSSR count). The fourth-order valence-electron chi connectivity index (χ4n) is 10.6. The van der Waals surface area contributed by atoms with Crippen LogP contribution in [0.2, 0.25) is 0 Å². The lowest BCUT2D eigenvalue weighted by atomic mass is 9.89. The Kier molecular flexibility index (Phi) is 9.54. The van der Waals surface area contributed by atoms with Crippen LogP contribution >= 0.6 is 0 Å². The first-order valence-electron chi connectivity index (χ1n) is 23.4. The van der Waals surface area contributed by atoms with Gasteiger partial charge < -0.3 is 9.30 Å². The Bertz CT molecular complexity index is 3960. The van der Waals surface area contributed by atoms with Crippen LogP contribution in [0, 0.1) is 0 Å². The minimum Gasteiger partial charge on any atom is -0.315 e. The van der Waals surface area contributed by atoms with Crippen LogP contribution in [0.1, 0.15) is 0 Å². The van der Waals surface area contributed by atoms with Gasteiger partial charge in [0.2, 0.25) is 0 Å². The number of anilines is 3. The second-order valence-electron chi connectivity index (χ2n) is 17.6. The van der Waals surface area contributed by atoms with Gasteiger partial charge in [-0.05, 0) is 120 Å². The van der Waals surface area contributed by atoms with Crippen LogP contribution in [0.5, 0.6) is 0 Å². The molecule has 0 N–H and O–H groups in total. The Morgan fingerprint density at radius 3 is 1.35 bits per heavy atom. The summed E-state index contributed by atoms with van der Waals surface area (Å²) >= 11 is 0. The molecule has 0 saturated heterocycles. The van der Waals surface area contributed by atoms with E-state index >= 15 is 0 Å². The standard InChI is InChI=1S/C66H44N2/c1-3-15-45(16-4-1)46-28-30-47(31-29-46)48-32-38-53(39-33-48)68(54-40-34-50(35-41-54)57-24-13-20-49-17-7-8-21-56(49)57)55-42-36-51(37-43-55)58-25-14-26-60-59-22-9-10-23-61(59)66-65(64(58)60)63(52-18-5-2-6-19-52)62-27-11-12-44-67(62)66/h1-44H. The Labute approximate surface area is 395 Å². The van der Waals surface area contributed by atoms with Crippen molar-refractivity contribution in [2.75, 3.05) is 4.90 Å². The lowest BCUT2D eigenvalue weighted by molar-refractivity contribution is 1.26. The Balaban J connectivity index is 0.948. The lowest BCUT2D eigenvalue weighted by Crippen LogP contribution is -2.09. The fraction of sp³-hybridized carbons (Fsp3) is 0. The average molecular weight is 865 g/mol. The van der Waals surface area contributed by atoms with E-state index in [4.69, 9.17) is 0 Å². The van der Waals surface area contributed by atoms with Gasteiger partial charge in [0.25, 0.3) is 0 Å². The van der Waals surface area contributed by atoms with E-state index < -0.39 is 0 Å². The molecule has 11 aromatic carbocycles. The SMILES string of the molecule is c1ccc(-c2ccc(-c3ccc(N(c4ccc(-c5cccc6ccccc56)cc4)c4ccc(-c5cccc6c7ccccc7c7c(c(-c8ccccc8)c8ccccn87)c56)cc4)cc3)cc2)cc1. The van der Waals surface area contributed by atoms with E-state index in [9.17, 15) is 0 Å². The number of hydrogen-bond acceptors (Lipinski definition) is 1. The first kappa shape index (κ1) is 39.4. The smallest absolute Gasteiger partial charge is 0.0620 e. The normalized spacial score (nSPS) is 11.5. The quantitative estimate of drug-likeness (QED) is 0.138. The zero-order chi connectivity index (χ0) is 45.0. The molecule has 0 radical (unpaired) electrons. The van der Waals surface area contributed by atoms with Crippen LogP contribution in [-0.2, 0) is 0 Å². The maximum atomic E-state index is 2.40. The van der Waals surface area contributed by atoms with E-state index in [1.54, 1.807) is 0 Å². The molecular formula is C66H44N2. The summed E-state index contributed by atoms with van der Waals surface area (Å²) in [5.74, 6) is 0. The molecule has 0 spiro atoms. The van der Waals surface area contributed by atoms with Crippen molar-refractivity contribution in [3.05, 3.63) is 267 Å². The number of pyridine rings is 1. The molecule has 2 heteroatoms. The first-order valence-corrected chi connectivity index (χ1v) is 23.4. The second-order valence-corrected chi connectivity index (χ2v) is 17.6. The molecule has 0 bridgehead atoms. The van der Waals surface area contributed by atoms with Crippen LogP contribution in [0.15, 0.2) is 267 Å². The van der Waals surface area contributed by atoms with Gasteiger partial charge in [0.15, 0.2) is 0 Å². The van der Waals surface area contributed by atoms with Gasteiger partial charge in [-0.3, -0.25) is 0 Å². The van der Waals surface area contributed by atoms with Crippen molar-refractivity contribution in [3.63, 3.8) is 0 Å². The predicted octanol–water partition coefficient (Wildman–Crippen LogP) is 18.4. The highest BCUT2D eigenvalue weighted by molar-refractivity contribution is 6.33. The number of rotatable bonds is 8. The third kappa shape index (κ3) is 6.65. The summed E-state index contributed by atoms with van der Waals surface area (Å²) in [6.07, 6.45) is 2.22. The van der Waals surface area contributed by atoms with Crippen LogP contribution in [-0.4, -0.2) is 4.40 Å². The molecule has 0 fully saturated rings. The third-order valence-electron chi connectivity index (χ3n) is 13.8. The molecule has 0 aliphatic carbocycles. The van der Waals surface area contributed by atoms with Gasteiger partial charge >= 0.3 is 0 Å². The maximum absolute atomic E-state index is 2.40. The van der Waals surface area contributed by atoms with E-state index in [-0.39, 0.29) is 0 Å². The molecule has 0 aliphatic heterocycles. The zero-order valence-electron chi connectivity index (χ0n) is 37.3. The summed E-state index contributed by atoms with van der Waals surface area (Å²) in [6, 6.07) is 95.1. The summed E-state index contributed by atoms with van der Waals surface area (Å²) < 4.78 is 2.40. The van der Waals surface area contributed by atoms with Gasteiger partial charge in [0.05, 0.1) is 11.0 Å². The van der Waals surface area contributed by atoms with Gasteiger partial charge in [-0.25, -0.2) is 0 Å². The minimum atomic E-state index is 1.09. The van der Waals surface area contributed by atoms with Gasteiger partial charge in [0.1, 0.15) is 0 Å². The molecule has 0 amide bonds. The van der Waals surface area contributed by atoms with E-state index in [0.29, 0.717) is 0 Å². The Morgan fingerprint density at radius 2 is 0.706 bits per heavy atom. The highest BCUT2D eigenvalue weighted by Gasteiger charge is 2.22. The number of fused-ring (bicyclic) bond motifs is 9. The number of benzene rings is 11. The van der Waals surface area contributed by atoms with Crippen molar-refractivity contribution < 1.29 is 0 Å². The Morgan fingerprint density at radius 1 is 0.265 bits per heavy atom. The molecule has 0 unspecified atom stereocenters. The third-order valence-corrected chi connectivity index (χ3v) is 13.8. The van der Waals surface area contributed by atoms with Crippen molar-refractivity contribution in [2.24, 2.45) is 0 Å². The molecule has 0 atom stereocenters. The summed E-state index contributed by atoms with van der Waals surface area (Å²) in [6.45, 7) is 0. The molecule has 2 aromatic heterocycles. The van der Waals surface area contributed by atoms with Gasteiger partial charge in [0, 0.05) is 45.0 Å². The second kappa shape index (κ2) is 16.5. The maximum Gasteiger partial charge on any atom is 0.0620 e. The number of hydrogen-bond donors (Lipinski definition) is 0. The van der Waals surface area contributed by atoms with Crippen molar-refractivity contribution in [1.82, 2.24) is 4.40 Å². The summed E-state index contributed by atoms with van der Waals surface area (Å²) in [5, 5.41) is 8.81. The van der Waals surface area contributed by atoms with Gasteiger partial charge in [-0.2, -0.15) is 0 Å². The largest absolute Gasteiger partial charge is 0.315 e. The highest BCUT2D eigenvalue weighted by Crippen LogP contribution is 2.47. The van der Waals surface area contributed by atoms with Crippen molar-refractivity contribution in [1.29, 1.82) is 0 Å².